The van der Waals surface area contributed by atoms with Crippen molar-refractivity contribution in [1.82, 2.24) is 9.78 Å². The van der Waals surface area contributed by atoms with Crippen LogP contribution in [0.1, 0.15) is 36.1 Å². The fourth-order valence-corrected chi connectivity index (χ4v) is 3.17. The molecule has 0 fully saturated rings. The normalized spacial score (nSPS) is 11.9. The average molecular weight is 375 g/mol. The third-order valence-corrected chi connectivity index (χ3v) is 4.80. The predicted octanol–water partition coefficient (Wildman–Crippen LogP) is 4.43. The molecule has 5 heteroatoms. The Balaban J connectivity index is 1.92. The number of benzene rings is 2. The monoisotopic (exact) mass is 375 g/mol. The van der Waals surface area contributed by atoms with Crippen LogP contribution < -0.4 is 10.9 Å². The van der Waals surface area contributed by atoms with Crippen molar-refractivity contribution in [3.05, 3.63) is 81.6 Å². The van der Waals surface area contributed by atoms with E-state index in [0.29, 0.717) is 12.1 Å². The lowest BCUT2D eigenvalue weighted by Gasteiger charge is -2.18. The zero-order chi connectivity index (χ0) is 20.3. The SMILES string of the molecule is CCC(C(=O)Nc1ccc(C)cc1C)n1nc(-c2ccc(C)cc2)ccc1=O. The van der Waals surface area contributed by atoms with E-state index in [0.717, 1.165) is 27.9 Å². The van der Waals surface area contributed by atoms with E-state index < -0.39 is 6.04 Å². The van der Waals surface area contributed by atoms with Crippen LogP contribution in [0.15, 0.2) is 59.4 Å². The fraction of sp³-hybridized carbons (Fsp3) is 0.261. The van der Waals surface area contributed by atoms with E-state index in [9.17, 15) is 9.59 Å². The Morgan fingerprint density at radius 3 is 2.32 bits per heavy atom. The lowest BCUT2D eigenvalue weighted by molar-refractivity contribution is -0.119. The van der Waals surface area contributed by atoms with Crippen molar-refractivity contribution in [2.45, 2.75) is 40.2 Å². The van der Waals surface area contributed by atoms with E-state index in [2.05, 4.69) is 10.4 Å². The van der Waals surface area contributed by atoms with Gasteiger partial charge in [-0.25, -0.2) is 4.68 Å². The number of aromatic nitrogens is 2. The van der Waals surface area contributed by atoms with Crippen LogP contribution in [0.3, 0.4) is 0 Å². The van der Waals surface area contributed by atoms with Gasteiger partial charge in [-0.2, -0.15) is 5.10 Å². The largest absolute Gasteiger partial charge is 0.324 e. The quantitative estimate of drug-likeness (QED) is 0.718. The average Bonchev–Trinajstić information content (AvgIpc) is 2.67. The second kappa shape index (κ2) is 8.21. The molecule has 3 aromatic rings. The first-order valence-electron chi connectivity index (χ1n) is 9.44. The molecule has 0 saturated heterocycles. The van der Waals surface area contributed by atoms with Crippen LogP contribution in [0.25, 0.3) is 11.3 Å². The predicted molar refractivity (Wildman–Crippen MR) is 113 cm³/mol. The second-order valence-corrected chi connectivity index (χ2v) is 7.10. The van der Waals surface area contributed by atoms with Gasteiger partial charge in [0.1, 0.15) is 6.04 Å². The van der Waals surface area contributed by atoms with Crippen molar-refractivity contribution in [3.8, 4) is 11.3 Å². The number of rotatable bonds is 5. The number of hydrogen-bond donors (Lipinski definition) is 1. The summed E-state index contributed by atoms with van der Waals surface area (Å²) in [4.78, 5) is 25.4. The van der Waals surface area contributed by atoms with E-state index in [1.165, 1.54) is 10.7 Å². The third kappa shape index (κ3) is 4.19. The van der Waals surface area contributed by atoms with Crippen molar-refractivity contribution in [1.29, 1.82) is 0 Å². The first-order chi connectivity index (χ1) is 13.4. The highest BCUT2D eigenvalue weighted by molar-refractivity contribution is 5.94. The third-order valence-electron chi connectivity index (χ3n) is 4.80. The summed E-state index contributed by atoms with van der Waals surface area (Å²) in [5.74, 6) is -0.245. The van der Waals surface area contributed by atoms with Gasteiger partial charge in [0.15, 0.2) is 0 Å². The molecule has 1 aromatic heterocycles. The molecule has 28 heavy (non-hydrogen) atoms. The maximum Gasteiger partial charge on any atom is 0.267 e. The number of carbonyl (C=O) groups excluding carboxylic acids is 1. The number of anilines is 1. The van der Waals surface area contributed by atoms with Gasteiger partial charge < -0.3 is 5.32 Å². The molecule has 0 bridgehead atoms. The van der Waals surface area contributed by atoms with Gasteiger partial charge in [-0.15, -0.1) is 0 Å². The Morgan fingerprint density at radius 2 is 1.68 bits per heavy atom. The first kappa shape index (κ1) is 19.5. The topological polar surface area (TPSA) is 64.0 Å². The maximum atomic E-state index is 12.9. The summed E-state index contributed by atoms with van der Waals surface area (Å²) in [5, 5.41) is 7.43. The number of hydrogen-bond acceptors (Lipinski definition) is 3. The maximum absolute atomic E-state index is 12.9. The van der Waals surface area contributed by atoms with Crippen LogP contribution in [0.5, 0.6) is 0 Å². The molecule has 1 N–H and O–H groups in total. The number of amides is 1. The molecule has 0 aliphatic rings. The highest BCUT2D eigenvalue weighted by Crippen LogP contribution is 2.20. The lowest BCUT2D eigenvalue weighted by atomic mass is 10.1. The van der Waals surface area contributed by atoms with Crippen molar-refractivity contribution < 1.29 is 4.79 Å². The summed E-state index contributed by atoms with van der Waals surface area (Å²) in [7, 11) is 0. The molecule has 2 aromatic carbocycles. The van der Waals surface area contributed by atoms with Crippen molar-refractivity contribution in [2.75, 3.05) is 5.32 Å². The van der Waals surface area contributed by atoms with Crippen LogP contribution in [0.4, 0.5) is 5.69 Å². The van der Waals surface area contributed by atoms with Crippen LogP contribution in [0.2, 0.25) is 0 Å². The number of carbonyl (C=O) groups is 1. The highest BCUT2D eigenvalue weighted by atomic mass is 16.2. The first-order valence-corrected chi connectivity index (χ1v) is 9.44. The van der Waals surface area contributed by atoms with Gasteiger partial charge in [-0.3, -0.25) is 9.59 Å². The molecule has 0 radical (unpaired) electrons. The molecule has 1 heterocycles. The molecular formula is C23H25N3O2. The van der Waals surface area contributed by atoms with E-state index in [1.54, 1.807) is 6.07 Å². The Morgan fingerprint density at radius 1 is 1.00 bits per heavy atom. The van der Waals surface area contributed by atoms with Gasteiger partial charge in [-0.1, -0.05) is 54.4 Å². The Hall–Kier alpha value is -3.21. The van der Waals surface area contributed by atoms with Crippen molar-refractivity contribution in [2.24, 2.45) is 0 Å². The van der Waals surface area contributed by atoms with E-state index in [1.807, 2.05) is 70.2 Å². The summed E-state index contributed by atoms with van der Waals surface area (Å²) in [6.07, 6.45) is 0.459. The van der Waals surface area contributed by atoms with Gasteiger partial charge in [0.25, 0.3) is 5.56 Å². The van der Waals surface area contributed by atoms with Crippen LogP contribution in [0, 0.1) is 20.8 Å². The van der Waals surface area contributed by atoms with Gasteiger partial charge >= 0.3 is 0 Å². The zero-order valence-electron chi connectivity index (χ0n) is 16.7. The molecule has 144 valence electrons. The van der Waals surface area contributed by atoms with E-state index in [-0.39, 0.29) is 11.5 Å². The Labute approximate surface area is 165 Å². The molecule has 1 amide bonds. The number of nitrogens with one attached hydrogen (secondary N) is 1. The number of aryl methyl sites for hydroxylation is 3. The van der Waals surface area contributed by atoms with Crippen LogP contribution >= 0.6 is 0 Å². The number of nitrogens with zero attached hydrogens (tertiary/aromatic N) is 2. The Kier molecular flexibility index (Phi) is 5.73. The summed E-state index contributed by atoms with van der Waals surface area (Å²) < 4.78 is 1.29. The highest BCUT2D eigenvalue weighted by Gasteiger charge is 2.22. The lowest BCUT2D eigenvalue weighted by Crippen LogP contribution is -2.34. The second-order valence-electron chi connectivity index (χ2n) is 7.10. The fourth-order valence-electron chi connectivity index (χ4n) is 3.17. The summed E-state index contributed by atoms with van der Waals surface area (Å²) in [6, 6.07) is 16.2. The van der Waals surface area contributed by atoms with Gasteiger partial charge in [0, 0.05) is 17.3 Å². The minimum absolute atomic E-state index is 0.245. The molecule has 0 aliphatic carbocycles. The zero-order valence-corrected chi connectivity index (χ0v) is 16.7. The molecule has 1 atom stereocenters. The molecule has 0 aliphatic heterocycles. The standard InChI is InChI=1S/C23H25N3O2/c1-5-21(23(28)24-19-11-8-16(3)14-17(19)4)26-22(27)13-12-20(25-26)18-9-6-15(2)7-10-18/h6-14,21H,5H2,1-4H3,(H,24,28). The van der Waals surface area contributed by atoms with Crippen molar-refractivity contribution in [3.63, 3.8) is 0 Å². The molecule has 1 unspecified atom stereocenters. The molecule has 5 nitrogen and oxygen atoms in total. The molecule has 3 rings (SSSR count). The molecule has 0 saturated carbocycles. The van der Waals surface area contributed by atoms with E-state index in [4.69, 9.17) is 0 Å². The summed E-state index contributed by atoms with van der Waals surface area (Å²) in [6.45, 7) is 7.85. The Bertz CT molecular complexity index is 1050. The van der Waals surface area contributed by atoms with Crippen LogP contribution in [-0.2, 0) is 4.79 Å². The van der Waals surface area contributed by atoms with Crippen molar-refractivity contribution >= 4 is 11.6 Å². The van der Waals surface area contributed by atoms with Gasteiger partial charge in [-0.05, 0) is 44.9 Å². The van der Waals surface area contributed by atoms with E-state index >= 15 is 0 Å². The molecular weight excluding hydrogens is 350 g/mol. The minimum Gasteiger partial charge on any atom is -0.324 e. The van der Waals surface area contributed by atoms with Gasteiger partial charge in [0.05, 0.1) is 5.69 Å². The smallest absolute Gasteiger partial charge is 0.267 e. The minimum atomic E-state index is -0.682. The van der Waals surface area contributed by atoms with Gasteiger partial charge in [0.2, 0.25) is 5.91 Å². The van der Waals surface area contributed by atoms with Crippen LogP contribution in [-0.4, -0.2) is 15.7 Å². The summed E-state index contributed by atoms with van der Waals surface area (Å²) in [5.41, 5.74) is 5.29. The summed E-state index contributed by atoms with van der Waals surface area (Å²) >= 11 is 0. The molecule has 0 spiro atoms.